The van der Waals surface area contributed by atoms with Gasteiger partial charge in [0.15, 0.2) is 0 Å². The molecular formula is C19H20BrClN2O. The van der Waals surface area contributed by atoms with E-state index in [1.165, 1.54) is 0 Å². The molecule has 2 aromatic carbocycles. The number of fused-ring (bicyclic) bond motifs is 1. The van der Waals surface area contributed by atoms with Crippen LogP contribution < -0.4 is 5.32 Å². The van der Waals surface area contributed by atoms with Gasteiger partial charge in [0.1, 0.15) is 6.04 Å². The quantitative estimate of drug-likeness (QED) is 0.782. The zero-order chi connectivity index (χ0) is 17.3. The zero-order valence-corrected chi connectivity index (χ0v) is 16.1. The molecule has 0 fully saturated rings. The van der Waals surface area contributed by atoms with Gasteiger partial charge in [-0.2, -0.15) is 0 Å². The Morgan fingerprint density at radius 1 is 1.12 bits per heavy atom. The second-order valence-corrected chi connectivity index (χ2v) is 7.21. The van der Waals surface area contributed by atoms with Gasteiger partial charge in [-0.25, -0.2) is 0 Å². The van der Waals surface area contributed by atoms with Crippen LogP contribution in [0.5, 0.6) is 0 Å². The molecule has 1 heterocycles. The molecule has 0 radical (unpaired) electrons. The average molecular weight is 408 g/mol. The summed E-state index contributed by atoms with van der Waals surface area (Å²) in [5.41, 5.74) is 2.94. The fraction of sp³-hybridized carbons (Fsp3) is 0.316. The second-order valence-electron chi connectivity index (χ2n) is 5.89. The van der Waals surface area contributed by atoms with E-state index in [0.717, 1.165) is 34.4 Å². The highest BCUT2D eigenvalue weighted by atomic mass is 79.9. The molecule has 0 saturated heterocycles. The SMILES string of the molecule is CCN(CC)C1C(=O)Nc2ccc(Br)cc2C1c1ccccc1Cl. The number of nitrogens with zero attached hydrogens (tertiary/aromatic N) is 1. The van der Waals surface area contributed by atoms with E-state index < -0.39 is 0 Å². The minimum absolute atomic E-state index is 0.0263. The summed E-state index contributed by atoms with van der Waals surface area (Å²) >= 11 is 10.1. The lowest BCUT2D eigenvalue weighted by atomic mass is 9.80. The molecule has 1 aliphatic heterocycles. The minimum atomic E-state index is -0.276. The summed E-state index contributed by atoms with van der Waals surface area (Å²) in [6.07, 6.45) is 0. The number of carbonyl (C=O) groups is 1. The summed E-state index contributed by atoms with van der Waals surface area (Å²) in [5.74, 6) is -0.0710. The highest BCUT2D eigenvalue weighted by Crippen LogP contribution is 2.42. The molecule has 2 atom stereocenters. The Hall–Kier alpha value is -1.36. The molecule has 5 heteroatoms. The van der Waals surface area contributed by atoms with E-state index in [1.807, 2.05) is 36.4 Å². The number of hydrogen-bond acceptors (Lipinski definition) is 2. The number of likely N-dealkylation sites (N-methyl/N-ethyl adjacent to an activating group) is 1. The van der Waals surface area contributed by atoms with Crippen molar-refractivity contribution in [1.82, 2.24) is 4.90 Å². The second kappa shape index (κ2) is 7.26. The van der Waals surface area contributed by atoms with Crippen LogP contribution in [-0.2, 0) is 4.79 Å². The number of carbonyl (C=O) groups excluding carboxylic acids is 1. The van der Waals surface area contributed by atoms with Gasteiger partial charge in [-0.05, 0) is 48.5 Å². The van der Waals surface area contributed by atoms with Crippen molar-refractivity contribution in [1.29, 1.82) is 0 Å². The van der Waals surface area contributed by atoms with Crippen molar-refractivity contribution in [2.75, 3.05) is 18.4 Å². The van der Waals surface area contributed by atoms with Gasteiger partial charge in [-0.3, -0.25) is 9.69 Å². The Morgan fingerprint density at radius 2 is 1.83 bits per heavy atom. The molecule has 1 aliphatic rings. The molecule has 2 aromatic rings. The molecule has 3 rings (SSSR count). The monoisotopic (exact) mass is 406 g/mol. The third-order valence-corrected chi connectivity index (χ3v) is 5.47. The summed E-state index contributed by atoms with van der Waals surface area (Å²) < 4.78 is 0.993. The largest absolute Gasteiger partial charge is 0.324 e. The molecule has 3 nitrogen and oxygen atoms in total. The number of nitrogens with one attached hydrogen (secondary N) is 1. The predicted octanol–water partition coefficient (Wildman–Crippen LogP) is 4.90. The first-order valence-electron chi connectivity index (χ1n) is 8.15. The summed E-state index contributed by atoms with van der Waals surface area (Å²) in [5, 5.41) is 3.76. The van der Waals surface area contributed by atoms with Gasteiger partial charge in [-0.1, -0.05) is 59.6 Å². The van der Waals surface area contributed by atoms with Crippen molar-refractivity contribution in [3.05, 3.63) is 63.1 Å². The van der Waals surface area contributed by atoms with Crippen LogP contribution in [0.1, 0.15) is 30.9 Å². The van der Waals surface area contributed by atoms with Crippen molar-refractivity contribution in [3.63, 3.8) is 0 Å². The maximum atomic E-state index is 12.9. The fourth-order valence-electron chi connectivity index (χ4n) is 3.49. The Balaban J connectivity index is 2.22. The van der Waals surface area contributed by atoms with Crippen LogP contribution in [0.25, 0.3) is 0 Å². The molecule has 0 aromatic heterocycles. The Labute approximate surface area is 156 Å². The normalized spacial score (nSPS) is 20.0. The summed E-state index contributed by atoms with van der Waals surface area (Å²) in [6, 6.07) is 13.5. The lowest BCUT2D eigenvalue weighted by Gasteiger charge is -2.39. The molecule has 0 bridgehead atoms. The van der Waals surface area contributed by atoms with E-state index >= 15 is 0 Å². The molecule has 126 valence electrons. The summed E-state index contributed by atoms with van der Waals surface area (Å²) in [6.45, 7) is 5.77. The smallest absolute Gasteiger partial charge is 0.242 e. The molecule has 0 spiro atoms. The van der Waals surface area contributed by atoms with Gasteiger partial charge >= 0.3 is 0 Å². The topological polar surface area (TPSA) is 32.3 Å². The van der Waals surface area contributed by atoms with Gasteiger partial charge in [0.05, 0.1) is 0 Å². The van der Waals surface area contributed by atoms with E-state index in [4.69, 9.17) is 11.6 Å². The summed E-state index contributed by atoms with van der Waals surface area (Å²) in [4.78, 5) is 15.1. The maximum absolute atomic E-state index is 12.9. The first-order chi connectivity index (χ1) is 11.6. The van der Waals surface area contributed by atoms with E-state index in [-0.39, 0.29) is 17.9 Å². The first kappa shape index (κ1) is 17.5. The molecule has 0 saturated carbocycles. The Morgan fingerprint density at radius 3 is 2.50 bits per heavy atom. The minimum Gasteiger partial charge on any atom is -0.324 e. The highest BCUT2D eigenvalue weighted by Gasteiger charge is 2.40. The number of anilines is 1. The van der Waals surface area contributed by atoms with E-state index in [0.29, 0.717) is 5.02 Å². The number of halogens is 2. The van der Waals surface area contributed by atoms with E-state index in [1.54, 1.807) is 0 Å². The van der Waals surface area contributed by atoms with Gasteiger partial charge in [-0.15, -0.1) is 0 Å². The molecule has 1 amide bonds. The van der Waals surface area contributed by atoms with Gasteiger partial charge < -0.3 is 5.32 Å². The van der Waals surface area contributed by atoms with Crippen LogP contribution in [0.4, 0.5) is 5.69 Å². The van der Waals surface area contributed by atoms with Gasteiger partial charge in [0.25, 0.3) is 0 Å². The maximum Gasteiger partial charge on any atom is 0.242 e. The molecular weight excluding hydrogens is 388 g/mol. The first-order valence-corrected chi connectivity index (χ1v) is 9.32. The van der Waals surface area contributed by atoms with Crippen LogP contribution in [0.3, 0.4) is 0 Å². The lowest BCUT2D eigenvalue weighted by Crippen LogP contribution is -2.50. The van der Waals surface area contributed by atoms with Gasteiger partial charge in [0, 0.05) is 21.1 Å². The molecule has 0 aliphatic carbocycles. The third-order valence-electron chi connectivity index (χ3n) is 4.64. The lowest BCUT2D eigenvalue weighted by molar-refractivity contribution is -0.122. The standard InChI is InChI=1S/C19H20BrClN2O/c1-3-23(4-2)18-17(13-7-5-6-8-15(13)21)14-11-12(20)9-10-16(14)22-19(18)24/h5-11,17-18H,3-4H2,1-2H3,(H,22,24). The van der Waals surface area contributed by atoms with Crippen molar-refractivity contribution in [2.24, 2.45) is 0 Å². The van der Waals surface area contributed by atoms with Crippen LogP contribution in [0.15, 0.2) is 46.9 Å². The number of amides is 1. The highest BCUT2D eigenvalue weighted by molar-refractivity contribution is 9.10. The van der Waals surface area contributed by atoms with E-state index in [9.17, 15) is 4.79 Å². The third kappa shape index (κ3) is 3.10. The predicted molar refractivity (Wildman–Crippen MR) is 103 cm³/mol. The Kier molecular flexibility index (Phi) is 5.28. The molecule has 1 N–H and O–H groups in total. The number of benzene rings is 2. The zero-order valence-electron chi connectivity index (χ0n) is 13.7. The van der Waals surface area contributed by atoms with Crippen LogP contribution >= 0.6 is 27.5 Å². The van der Waals surface area contributed by atoms with Gasteiger partial charge in [0.2, 0.25) is 5.91 Å². The average Bonchev–Trinajstić information content (AvgIpc) is 2.57. The summed E-state index contributed by atoms with van der Waals surface area (Å²) in [7, 11) is 0. The van der Waals surface area contributed by atoms with Crippen molar-refractivity contribution < 1.29 is 4.79 Å². The van der Waals surface area contributed by atoms with E-state index in [2.05, 4.69) is 46.1 Å². The molecule has 2 unspecified atom stereocenters. The van der Waals surface area contributed by atoms with Crippen LogP contribution in [0.2, 0.25) is 5.02 Å². The Bertz CT molecular complexity index is 761. The van der Waals surface area contributed by atoms with Crippen molar-refractivity contribution in [2.45, 2.75) is 25.8 Å². The number of rotatable bonds is 4. The van der Waals surface area contributed by atoms with Crippen LogP contribution in [-0.4, -0.2) is 29.9 Å². The van der Waals surface area contributed by atoms with Crippen molar-refractivity contribution >= 4 is 39.1 Å². The van der Waals surface area contributed by atoms with Crippen molar-refractivity contribution in [3.8, 4) is 0 Å². The van der Waals surface area contributed by atoms with Crippen LogP contribution in [0, 0.1) is 0 Å². The molecule has 24 heavy (non-hydrogen) atoms. The fourth-order valence-corrected chi connectivity index (χ4v) is 4.12. The number of hydrogen-bond donors (Lipinski definition) is 1.